The number of H-pyrrole nitrogens is 1. The minimum atomic E-state index is -0.522. The molecule has 0 aliphatic rings. The third kappa shape index (κ3) is 3.79. The van der Waals surface area contributed by atoms with Crippen molar-refractivity contribution >= 4 is 29.0 Å². The van der Waals surface area contributed by atoms with E-state index in [9.17, 15) is 14.9 Å². The van der Waals surface area contributed by atoms with Crippen molar-refractivity contribution in [3.05, 3.63) is 57.7 Å². The van der Waals surface area contributed by atoms with Gasteiger partial charge >= 0.3 is 0 Å². The Bertz CT molecular complexity index is 1020. The number of hydrogen-bond donors (Lipinski definition) is 2. The Labute approximate surface area is 151 Å². The van der Waals surface area contributed by atoms with Crippen LogP contribution in [0, 0.1) is 11.3 Å². The summed E-state index contributed by atoms with van der Waals surface area (Å²) in [7, 11) is 0. The summed E-state index contributed by atoms with van der Waals surface area (Å²) in [5, 5.41) is 12.0. The molecule has 3 aromatic rings. The minimum Gasteiger partial charge on any atom is -0.369 e. The minimum absolute atomic E-state index is 0.0145. The molecule has 3 rings (SSSR count). The van der Waals surface area contributed by atoms with Gasteiger partial charge in [-0.25, -0.2) is 4.98 Å². The highest BCUT2D eigenvalue weighted by Gasteiger charge is 2.14. The number of benzene rings is 1. The third-order valence-corrected chi connectivity index (χ3v) is 5.20. The van der Waals surface area contributed by atoms with Crippen molar-refractivity contribution in [1.29, 1.82) is 5.26 Å². The van der Waals surface area contributed by atoms with Crippen LogP contribution in [0.2, 0.25) is 0 Å². The zero-order valence-electron chi connectivity index (χ0n) is 12.9. The standard InChI is InChI=1S/C17H12N4O2S2/c18-7-11-6-12(15(23)21-16(11)25-9-14(19)22)17-20-13(8-24-17)10-4-2-1-3-5-10/h1-6,8H,9H2,(H2,19,22)(H,21,23). The number of pyridine rings is 1. The normalized spacial score (nSPS) is 10.4. The summed E-state index contributed by atoms with van der Waals surface area (Å²) in [6.45, 7) is 0. The molecule has 0 atom stereocenters. The fraction of sp³-hybridized carbons (Fsp3) is 0.0588. The van der Waals surface area contributed by atoms with Crippen molar-refractivity contribution in [2.75, 3.05) is 5.75 Å². The molecule has 1 amide bonds. The molecule has 0 aliphatic heterocycles. The molecule has 2 heterocycles. The van der Waals surface area contributed by atoms with Crippen LogP contribution in [0.1, 0.15) is 5.56 Å². The molecule has 2 aromatic heterocycles. The van der Waals surface area contributed by atoms with E-state index >= 15 is 0 Å². The smallest absolute Gasteiger partial charge is 0.259 e. The molecular formula is C17H12N4O2S2. The van der Waals surface area contributed by atoms with E-state index in [1.807, 2.05) is 41.8 Å². The molecule has 0 radical (unpaired) electrons. The number of hydrogen-bond acceptors (Lipinski definition) is 6. The number of thioether (sulfide) groups is 1. The molecule has 25 heavy (non-hydrogen) atoms. The number of amides is 1. The summed E-state index contributed by atoms with van der Waals surface area (Å²) in [6.07, 6.45) is 0. The Balaban J connectivity index is 1.98. The molecule has 1 aromatic carbocycles. The molecule has 0 spiro atoms. The summed E-state index contributed by atoms with van der Waals surface area (Å²) >= 11 is 2.36. The Morgan fingerprint density at radius 2 is 2.12 bits per heavy atom. The lowest BCUT2D eigenvalue weighted by Gasteiger charge is -2.04. The number of nitrogens with zero attached hydrogens (tertiary/aromatic N) is 2. The Morgan fingerprint density at radius 3 is 2.80 bits per heavy atom. The number of nitriles is 1. The lowest BCUT2D eigenvalue weighted by Crippen LogP contribution is -2.15. The third-order valence-electron chi connectivity index (χ3n) is 3.29. The van der Waals surface area contributed by atoms with Gasteiger partial charge in [0, 0.05) is 10.9 Å². The highest BCUT2D eigenvalue weighted by molar-refractivity contribution is 7.99. The zero-order chi connectivity index (χ0) is 17.8. The van der Waals surface area contributed by atoms with Crippen molar-refractivity contribution < 1.29 is 4.79 Å². The van der Waals surface area contributed by atoms with E-state index in [-0.39, 0.29) is 16.9 Å². The molecule has 6 nitrogen and oxygen atoms in total. The number of primary amides is 1. The second-order valence-electron chi connectivity index (χ2n) is 5.03. The number of carbonyl (C=O) groups is 1. The van der Waals surface area contributed by atoms with E-state index in [0.29, 0.717) is 15.6 Å². The molecule has 124 valence electrons. The number of carbonyl (C=O) groups excluding carboxylic acids is 1. The number of thiazole rings is 1. The molecule has 0 unspecified atom stereocenters. The summed E-state index contributed by atoms with van der Waals surface area (Å²) in [4.78, 5) is 30.4. The van der Waals surface area contributed by atoms with E-state index in [1.165, 1.54) is 17.4 Å². The molecule has 8 heteroatoms. The van der Waals surface area contributed by atoms with Gasteiger partial charge in [-0.3, -0.25) is 9.59 Å². The average molecular weight is 368 g/mol. The van der Waals surface area contributed by atoms with Gasteiger partial charge in [0.2, 0.25) is 5.91 Å². The van der Waals surface area contributed by atoms with Gasteiger partial charge in [0.1, 0.15) is 11.1 Å². The first-order chi connectivity index (χ1) is 12.1. The van der Waals surface area contributed by atoms with Gasteiger partial charge in [0.25, 0.3) is 5.56 Å². The SMILES string of the molecule is N#Cc1cc(-c2nc(-c3ccccc3)cs2)c(=O)[nH]c1SCC(N)=O. The molecule has 0 saturated heterocycles. The topological polar surface area (TPSA) is 113 Å². The summed E-state index contributed by atoms with van der Waals surface area (Å²) in [5.74, 6) is -0.537. The zero-order valence-corrected chi connectivity index (χ0v) is 14.5. The number of nitrogens with one attached hydrogen (secondary N) is 1. The molecule has 3 N–H and O–H groups in total. The second kappa shape index (κ2) is 7.34. The van der Waals surface area contributed by atoms with Crippen molar-refractivity contribution in [3.63, 3.8) is 0 Å². The van der Waals surface area contributed by atoms with Crippen LogP contribution < -0.4 is 11.3 Å². The molecule has 0 saturated carbocycles. The van der Waals surface area contributed by atoms with Crippen LogP contribution in [0.4, 0.5) is 0 Å². The van der Waals surface area contributed by atoms with Crippen molar-refractivity contribution in [2.45, 2.75) is 5.03 Å². The van der Waals surface area contributed by atoms with Crippen molar-refractivity contribution in [3.8, 4) is 27.9 Å². The Morgan fingerprint density at radius 1 is 1.36 bits per heavy atom. The van der Waals surface area contributed by atoms with Gasteiger partial charge in [-0.2, -0.15) is 5.26 Å². The van der Waals surface area contributed by atoms with Crippen LogP contribution in [0.3, 0.4) is 0 Å². The fourth-order valence-electron chi connectivity index (χ4n) is 2.15. The first-order valence-corrected chi connectivity index (χ1v) is 9.05. The van der Waals surface area contributed by atoms with Crippen LogP contribution in [0.15, 0.2) is 51.6 Å². The van der Waals surface area contributed by atoms with Gasteiger partial charge in [0.15, 0.2) is 0 Å². The van der Waals surface area contributed by atoms with Crippen molar-refractivity contribution in [1.82, 2.24) is 9.97 Å². The van der Waals surface area contributed by atoms with Gasteiger partial charge in [-0.15, -0.1) is 11.3 Å². The molecule has 0 bridgehead atoms. The molecular weight excluding hydrogens is 356 g/mol. The molecule has 0 fully saturated rings. The van der Waals surface area contributed by atoms with E-state index in [0.717, 1.165) is 23.0 Å². The van der Waals surface area contributed by atoms with E-state index < -0.39 is 5.91 Å². The van der Waals surface area contributed by atoms with E-state index in [2.05, 4.69) is 9.97 Å². The maximum absolute atomic E-state index is 12.4. The van der Waals surface area contributed by atoms with Crippen molar-refractivity contribution in [2.24, 2.45) is 5.73 Å². The number of nitrogens with two attached hydrogens (primary N) is 1. The van der Waals surface area contributed by atoms with E-state index in [4.69, 9.17) is 5.73 Å². The maximum atomic E-state index is 12.4. The van der Waals surface area contributed by atoms with Crippen LogP contribution in [0.25, 0.3) is 21.8 Å². The first kappa shape index (κ1) is 17.0. The number of aromatic amines is 1. The Hall–Kier alpha value is -2.89. The first-order valence-electron chi connectivity index (χ1n) is 7.18. The Kier molecular flexibility index (Phi) is 4.97. The highest BCUT2D eigenvalue weighted by atomic mass is 32.2. The van der Waals surface area contributed by atoms with Crippen LogP contribution in [-0.4, -0.2) is 21.6 Å². The summed E-state index contributed by atoms with van der Waals surface area (Å²) in [6, 6.07) is 13.2. The predicted octanol–water partition coefficient (Wildman–Crippen LogP) is 2.61. The van der Waals surface area contributed by atoms with Crippen LogP contribution in [-0.2, 0) is 4.79 Å². The average Bonchev–Trinajstić information content (AvgIpc) is 3.10. The molecule has 0 aliphatic carbocycles. The number of aromatic nitrogens is 2. The van der Waals surface area contributed by atoms with Gasteiger partial charge < -0.3 is 10.7 Å². The lowest BCUT2D eigenvalue weighted by atomic mass is 10.2. The maximum Gasteiger partial charge on any atom is 0.259 e. The van der Waals surface area contributed by atoms with E-state index in [1.54, 1.807) is 0 Å². The van der Waals surface area contributed by atoms with Gasteiger partial charge in [-0.05, 0) is 6.07 Å². The summed E-state index contributed by atoms with van der Waals surface area (Å²) in [5.41, 5.74) is 7.07. The van der Waals surface area contributed by atoms with Gasteiger partial charge in [0.05, 0.1) is 27.6 Å². The largest absolute Gasteiger partial charge is 0.369 e. The highest BCUT2D eigenvalue weighted by Crippen LogP contribution is 2.29. The fourth-order valence-corrected chi connectivity index (χ4v) is 3.70. The quantitative estimate of drug-likeness (QED) is 0.672. The van der Waals surface area contributed by atoms with Crippen LogP contribution in [0.5, 0.6) is 0 Å². The second-order valence-corrected chi connectivity index (χ2v) is 6.87. The van der Waals surface area contributed by atoms with Crippen LogP contribution >= 0.6 is 23.1 Å². The summed E-state index contributed by atoms with van der Waals surface area (Å²) < 4.78 is 0. The predicted molar refractivity (Wildman–Crippen MR) is 98.2 cm³/mol. The lowest BCUT2D eigenvalue weighted by molar-refractivity contribution is -0.115. The van der Waals surface area contributed by atoms with Gasteiger partial charge in [-0.1, -0.05) is 42.1 Å². The number of rotatable bonds is 5. The monoisotopic (exact) mass is 368 g/mol.